The van der Waals surface area contributed by atoms with Gasteiger partial charge in [0, 0.05) is 49.6 Å². The molecule has 1 aromatic carbocycles. The molecule has 1 aliphatic rings. The normalized spacial score (nSPS) is 17.5. The SMILES string of the molecule is CCOC(=O)c1cnn2c(N(C)Cc3ccccc3)cc(-c3cn([C@@H]4CCOC[C@H]4F)c4ncccc34)nc12. The Kier molecular flexibility index (Phi) is 6.70. The number of halogens is 1. The average Bonchev–Trinajstić information content (AvgIpc) is 3.56. The number of pyridine rings is 1. The maximum Gasteiger partial charge on any atom is 0.343 e. The third-order valence-corrected chi connectivity index (χ3v) is 7.08. The third kappa shape index (κ3) is 4.61. The van der Waals surface area contributed by atoms with E-state index in [9.17, 15) is 9.18 Å². The van der Waals surface area contributed by atoms with Gasteiger partial charge in [0.15, 0.2) is 5.65 Å². The summed E-state index contributed by atoms with van der Waals surface area (Å²) in [7, 11) is 1.97. The number of aromatic nitrogens is 5. The molecule has 39 heavy (non-hydrogen) atoms. The molecule has 5 aromatic rings. The van der Waals surface area contributed by atoms with Crippen LogP contribution in [-0.2, 0) is 16.0 Å². The fraction of sp³-hybridized carbons (Fsp3) is 0.310. The lowest BCUT2D eigenvalue weighted by atomic mass is 10.1. The Morgan fingerprint density at radius 2 is 2.05 bits per heavy atom. The fourth-order valence-corrected chi connectivity index (χ4v) is 5.19. The first-order valence-electron chi connectivity index (χ1n) is 13.0. The third-order valence-electron chi connectivity index (χ3n) is 7.08. The second-order valence-corrected chi connectivity index (χ2v) is 9.63. The van der Waals surface area contributed by atoms with Gasteiger partial charge in [-0.3, -0.25) is 0 Å². The molecule has 0 amide bonds. The quantitative estimate of drug-likeness (QED) is 0.279. The number of hydrogen-bond donors (Lipinski definition) is 0. The van der Waals surface area contributed by atoms with Crippen LogP contribution in [-0.4, -0.2) is 63.2 Å². The van der Waals surface area contributed by atoms with E-state index < -0.39 is 12.1 Å². The van der Waals surface area contributed by atoms with Gasteiger partial charge in [0.05, 0.1) is 31.1 Å². The zero-order chi connectivity index (χ0) is 26.9. The molecule has 1 saturated heterocycles. The van der Waals surface area contributed by atoms with Gasteiger partial charge in [-0.05, 0) is 31.0 Å². The van der Waals surface area contributed by atoms with Crippen LogP contribution in [0.5, 0.6) is 0 Å². The molecule has 4 aromatic heterocycles. The van der Waals surface area contributed by atoms with E-state index in [0.717, 1.165) is 22.3 Å². The average molecular weight is 529 g/mol. The molecule has 0 N–H and O–H groups in total. The minimum atomic E-state index is -1.14. The number of fused-ring (bicyclic) bond motifs is 2. The van der Waals surface area contributed by atoms with Crippen LogP contribution in [0.4, 0.5) is 10.2 Å². The van der Waals surface area contributed by atoms with Crippen molar-refractivity contribution in [2.45, 2.75) is 32.1 Å². The van der Waals surface area contributed by atoms with Crippen molar-refractivity contribution in [3.63, 3.8) is 0 Å². The summed E-state index contributed by atoms with van der Waals surface area (Å²) in [6, 6.07) is 15.5. The Hall–Kier alpha value is -4.31. The molecule has 0 saturated carbocycles. The van der Waals surface area contributed by atoms with E-state index in [1.807, 2.05) is 54.2 Å². The van der Waals surface area contributed by atoms with Gasteiger partial charge in [-0.1, -0.05) is 30.3 Å². The molecule has 1 fully saturated rings. The predicted octanol–water partition coefficient (Wildman–Crippen LogP) is 4.86. The van der Waals surface area contributed by atoms with Gasteiger partial charge in [-0.2, -0.15) is 9.61 Å². The fourth-order valence-electron chi connectivity index (χ4n) is 5.19. The lowest BCUT2D eigenvalue weighted by Crippen LogP contribution is -2.31. The Bertz CT molecular complexity index is 1630. The Morgan fingerprint density at radius 3 is 2.85 bits per heavy atom. The molecule has 6 rings (SSSR count). The van der Waals surface area contributed by atoms with Gasteiger partial charge in [0.1, 0.15) is 23.2 Å². The van der Waals surface area contributed by atoms with E-state index in [0.29, 0.717) is 36.6 Å². The van der Waals surface area contributed by atoms with E-state index in [4.69, 9.17) is 14.5 Å². The number of carbonyl (C=O) groups is 1. The lowest BCUT2D eigenvalue weighted by Gasteiger charge is -2.27. The highest BCUT2D eigenvalue weighted by Gasteiger charge is 2.30. The number of alkyl halides is 1. The molecule has 9 nitrogen and oxygen atoms in total. The maximum absolute atomic E-state index is 15.0. The summed E-state index contributed by atoms with van der Waals surface area (Å²) in [5, 5.41) is 5.35. The van der Waals surface area contributed by atoms with E-state index in [1.165, 1.54) is 6.20 Å². The summed E-state index contributed by atoms with van der Waals surface area (Å²) in [6.45, 7) is 3.17. The smallest absolute Gasteiger partial charge is 0.343 e. The zero-order valence-corrected chi connectivity index (χ0v) is 21.8. The van der Waals surface area contributed by atoms with Gasteiger partial charge in [-0.15, -0.1) is 0 Å². The van der Waals surface area contributed by atoms with Crippen LogP contribution in [0, 0.1) is 0 Å². The van der Waals surface area contributed by atoms with Crippen molar-refractivity contribution in [3.05, 3.63) is 78.2 Å². The van der Waals surface area contributed by atoms with Crippen molar-refractivity contribution in [2.24, 2.45) is 0 Å². The maximum atomic E-state index is 15.0. The number of carbonyl (C=O) groups excluding carboxylic acids is 1. The van der Waals surface area contributed by atoms with Crippen LogP contribution >= 0.6 is 0 Å². The number of anilines is 1. The first-order chi connectivity index (χ1) is 19.0. The molecule has 5 heterocycles. The van der Waals surface area contributed by atoms with E-state index in [1.54, 1.807) is 17.6 Å². The van der Waals surface area contributed by atoms with Crippen molar-refractivity contribution in [1.29, 1.82) is 0 Å². The Balaban J connectivity index is 1.53. The topological polar surface area (TPSA) is 86.8 Å². The molecule has 10 heteroatoms. The highest BCUT2D eigenvalue weighted by molar-refractivity contribution is 5.98. The largest absolute Gasteiger partial charge is 0.462 e. The Morgan fingerprint density at radius 1 is 1.21 bits per heavy atom. The van der Waals surface area contributed by atoms with Crippen LogP contribution in [0.1, 0.15) is 35.3 Å². The highest BCUT2D eigenvalue weighted by Crippen LogP contribution is 2.36. The van der Waals surface area contributed by atoms with Gasteiger partial charge >= 0.3 is 5.97 Å². The van der Waals surface area contributed by atoms with Crippen LogP contribution in [0.15, 0.2) is 67.1 Å². The summed E-state index contributed by atoms with van der Waals surface area (Å²) < 4.78 is 29.2. The summed E-state index contributed by atoms with van der Waals surface area (Å²) in [5.74, 6) is 0.258. The number of ether oxygens (including phenoxy) is 2. The first-order valence-corrected chi connectivity index (χ1v) is 13.0. The van der Waals surface area contributed by atoms with Crippen LogP contribution in [0.25, 0.3) is 27.9 Å². The van der Waals surface area contributed by atoms with Crippen LogP contribution in [0.3, 0.4) is 0 Å². The molecular weight excluding hydrogens is 499 g/mol. The Labute approximate surface area is 224 Å². The molecule has 0 spiro atoms. The summed E-state index contributed by atoms with van der Waals surface area (Å²) >= 11 is 0. The minimum Gasteiger partial charge on any atom is -0.462 e. The number of benzene rings is 1. The molecule has 0 bridgehead atoms. The second-order valence-electron chi connectivity index (χ2n) is 9.63. The van der Waals surface area contributed by atoms with Gasteiger partial charge in [0.25, 0.3) is 0 Å². The zero-order valence-electron chi connectivity index (χ0n) is 21.8. The summed E-state index contributed by atoms with van der Waals surface area (Å²) in [5.41, 5.74) is 3.90. The molecule has 0 aliphatic carbocycles. The van der Waals surface area contributed by atoms with Gasteiger partial charge < -0.3 is 18.9 Å². The summed E-state index contributed by atoms with van der Waals surface area (Å²) in [6.07, 6.45) is 4.53. The molecule has 200 valence electrons. The van der Waals surface area contributed by atoms with E-state index in [2.05, 4.69) is 27.1 Å². The van der Waals surface area contributed by atoms with Gasteiger partial charge in [0.2, 0.25) is 0 Å². The van der Waals surface area contributed by atoms with Gasteiger partial charge in [-0.25, -0.2) is 19.2 Å². The first kappa shape index (κ1) is 25.0. The van der Waals surface area contributed by atoms with E-state index in [-0.39, 0.29) is 24.8 Å². The molecular formula is C29H29FN6O3. The van der Waals surface area contributed by atoms with Crippen molar-refractivity contribution in [3.8, 4) is 11.3 Å². The van der Waals surface area contributed by atoms with Crippen molar-refractivity contribution in [1.82, 2.24) is 24.1 Å². The molecule has 2 atom stereocenters. The van der Waals surface area contributed by atoms with Crippen molar-refractivity contribution >= 4 is 28.5 Å². The van der Waals surface area contributed by atoms with Crippen LogP contribution in [0.2, 0.25) is 0 Å². The highest BCUT2D eigenvalue weighted by atomic mass is 19.1. The second kappa shape index (κ2) is 10.5. The number of nitrogens with zero attached hydrogens (tertiary/aromatic N) is 6. The minimum absolute atomic E-state index is 0.0594. The molecule has 1 aliphatic heterocycles. The predicted molar refractivity (Wildman–Crippen MR) is 146 cm³/mol. The number of hydrogen-bond acceptors (Lipinski definition) is 7. The van der Waals surface area contributed by atoms with Crippen LogP contribution < -0.4 is 4.90 Å². The number of esters is 1. The monoisotopic (exact) mass is 528 g/mol. The molecule has 0 radical (unpaired) electrons. The summed E-state index contributed by atoms with van der Waals surface area (Å²) in [4.78, 5) is 24.4. The van der Waals surface area contributed by atoms with E-state index >= 15 is 0 Å². The number of rotatable bonds is 7. The lowest BCUT2D eigenvalue weighted by molar-refractivity contribution is 0.00443. The van der Waals surface area contributed by atoms with Crippen molar-refractivity contribution in [2.75, 3.05) is 31.8 Å². The standard InChI is InChI=1S/C29H29FN6O3/c1-3-39-29(37)21-15-32-36-26(34(2)16-19-8-5-4-6-9-19)14-24(33-28(21)36)22-17-35(25-11-13-38-18-23(25)30)27-20(22)10-7-12-31-27/h4-10,12,14-15,17,23,25H,3,11,13,16,18H2,1-2H3/t23-,25-/m1/s1. The molecule has 0 unspecified atom stereocenters. The van der Waals surface area contributed by atoms with Crippen molar-refractivity contribution < 1.29 is 18.7 Å².